The molecule has 6 heteroatoms. The van der Waals surface area contributed by atoms with Crippen LogP contribution in [0.15, 0.2) is 48.6 Å². The minimum Gasteiger partial charge on any atom is -0.462 e. The molecular formula is C70H128O6. The van der Waals surface area contributed by atoms with Crippen LogP contribution in [0.25, 0.3) is 0 Å². The van der Waals surface area contributed by atoms with Gasteiger partial charge in [0.1, 0.15) is 13.2 Å². The molecule has 0 N–H and O–H groups in total. The summed E-state index contributed by atoms with van der Waals surface area (Å²) in [6.45, 7) is 6.66. The Morgan fingerprint density at radius 2 is 0.474 bits per heavy atom. The topological polar surface area (TPSA) is 78.9 Å². The van der Waals surface area contributed by atoms with Crippen molar-refractivity contribution in [3.8, 4) is 0 Å². The zero-order valence-corrected chi connectivity index (χ0v) is 51.0. The van der Waals surface area contributed by atoms with Crippen molar-refractivity contribution < 1.29 is 28.6 Å². The van der Waals surface area contributed by atoms with Crippen LogP contribution in [0, 0.1) is 0 Å². The maximum atomic E-state index is 12.9. The number of hydrogen-bond donors (Lipinski definition) is 0. The maximum absolute atomic E-state index is 12.9. The summed E-state index contributed by atoms with van der Waals surface area (Å²) < 4.78 is 17.0. The van der Waals surface area contributed by atoms with E-state index in [4.69, 9.17) is 14.2 Å². The van der Waals surface area contributed by atoms with E-state index < -0.39 is 6.10 Å². The molecule has 444 valence electrons. The van der Waals surface area contributed by atoms with Gasteiger partial charge in [-0.2, -0.15) is 0 Å². The summed E-state index contributed by atoms with van der Waals surface area (Å²) in [6, 6.07) is 0. The lowest BCUT2D eigenvalue weighted by Crippen LogP contribution is -2.30. The van der Waals surface area contributed by atoms with Gasteiger partial charge in [-0.05, 0) is 83.5 Å². The lowest BCUT2D eigenvalue weighted by molar-refractivity contribution is -0.167. The number of carbonyl (C=O) groups excluding carboxylic acids is 3. The monoisotopic (exact) mass is 1060 g/mol. The van der Waals surface area contributed by atoms with Gasteiger partial charge in [-0.3, -0.25) is 14.4 Å². The van der Waals surface area contributed by atoms with E-state index in [1.165, 1.54) is 244 Å². The molecule has 1 atom stereocenters. The fraction of sp³-hybridized carbons (Fsp3) is 0.843. The summed E-state index contributed by atoms with van der Waals surface area (Å²) in [5.74, 6) is -0.864. The number of ether oxygens (including phenoxy) is 3. The van der Waals surface area contributed by atoms with E-state index in [1.54, 1.807) is 0 Å². The lowest BCUT2D eigenvalue weighted by Gasteiger charge is -2.18. The van der Waals surface area contributed by atoms with Crippen molar-refractivity contribution in [2.24, 2.45) is 0 Å². The average molecular weight is 1070 g/mol. The third kappa shape index (κ3) is 62.2. The number of esters is 3. The van der Waals surface area contributed by atoms with Crippen molar-refractivity contribution in [1.82, 2.24) is 0 Å². The molecule has 0 bridgehead atoms. The van der Waals surface area contributed by atoms with Crippen LogP contribution in [-0.4, -0.2) is 37.2 Å². The highest BCUT2D eigenvalue weighted by Gasteiger charge is 2.19. The first-order chi connectivity index (χ1) is 37.5. The maximum Gasteiger partial charge on any atom is 0.306 e. The molecule has 0 aromatic carbocycles. The van der Waals surface area contributed by atoms with Crippen LogP contribution < -0.4 is 0 Å². The normalized spacial score (nSPS) is 12.3. The highest BCUT2D eigenvalue weighted by Crippen LogP contribution is 2.17. The van der Waals surface area contributed by atoms with Gasteiger partial charge in [-0.15, -0.1) is 0 Å². The number of hydrogen-bond acceptors (Lipinski definition) is 6. The SMILES string of the molecule is CCCCC/C=C\C/C=C\C/C=C\CCCCCCCCC(=O)OC(COC(=O)CCCCCCCCCCCCCCCC)COC(=O)CCCCCCCCCCCCCCC/C=C\CCCCCCCCCC. The second-order valence-corrected chi connectivity index (χ2v) is 22.7. The van der Waals surface area contributed by atoms with Crippen LogP contribution in [0.3, 0.4) is 0 Å². The zero-order chi connectivity index (χ0) is 55.0. The van der Waals surface area contributed by atoms with Crippen LogP contribution in [0.4, 0.5) is 0 Å². The number of rotatable bonds is 62. The Morgan fingerprint density at radius 3 is 0.776 bits per heavy atom. The van der Waals surface area contributed by atoms with E-state index >= 15 is 0 Å². The fourth-order valence-electron chi connectivity index (χ4n) is 9.98. The van der Waals surface area contributed by atoms with Crippen molar-refractivity contribution in [3.05, 3.63) is 48.6 Å². The molecule has 6 nitrogen and oxygen atoms in total. The number of allylic oxidation sites excluding steroid dienone is 8. The van der Waals surface area contributed by atoms with Crippen molar-refractivity contribution in [2.45, 2.75) is 367 Å². The minimum atomic E-state index is -0.779. The molecule has 0 heterocycles. The predicted molar refractivity (Wildman–Crippen MR) is 330 cm³/mol. The predicted octanol–water partition coefficient (Wildman–Crippen LogP) is 22.9. The van der Waals surface area contributed by atoms with Crippen LogP contribution in [0.2, 0.25) is 0 Å². The molecule has 0 aliphatic rings. The number of unbranched alkanes of at least 4 members (excludes halogenated alkanes) is 43. The van der Waals surface area contributed by atoms with Crippen LogP contribution in [0.5, 0.6) is 0 Å². The Balaban J connectivity index is 4.29. The second kappa shape index (κ2) is 64.9. The van der Waals surface area contributed by atoms with E-state index in [0.29, 0.717) is 19.3 Å². The Hall–Kier alpha value is -2.63. The van der Waals surface area contributed by atoms with Gasteiger partial charge in [0.2, 0.25) is 0 Å². The molecule has 0 fully saturated rings. The Morgan fingerprint density at radius 1 is 0.263 bits per heavy atom. The van der Waals surface area contributed by atoms with E-state index in [2.05, 4.69) is 69.4 Å². The third-order valence-corrected chi connectivity index (χ3v) is 15.1. The molecule has 0 radical (unpaired) electrons. The van der Waals surface area contributed by atoms with Gasteiger partial charge in [0, 0.05) is 19.3 Å². The first kappa shape index (κ1) is 73.4. The van der Waals surface area contributed by atoms with Crippen molar-refractivity contribution in [3.63, 3.8) is 0 Å². The minimum absolute atomic E-state index is 0.0744. The third-order valence-electron chi connectivity index (χ3n) is 15.1. The molecule has 0 rings (SSSR count). The molecule has 0 amide bonds. The van der Waals surface area contributed by atoms with Crippen LogP contribution >= 0.6 is 0 Å². The number of carbonyl (C=O) groups is 3. The van der Waals surface area contributed by atoms with Gasteiger partial charge < -0.3 is 14.2 Å². The summed E-state index contributed by atoms with van der Waals surface area (Å²) in [7, 11) is 0. The zero-order valence-electron chi connectivity index (χ0n) is 51.0. The van der Waals surface area contributed by atoms with Gasteiger partial charge in [0.15, 0.2) is 6.10 Å². The Kier molecular flexibility index (Phi) is 62.6. The molecule has 0 spiro atoms. The van der Waals surface area contributed by atoms with Crippen LogP contribution in [0.1, 0.15) is 361 Å². The molecule has 0 aliphatic heterocycles. The molecule has 76 heavy (non-hydrogen) atoms. The van der Waals surface area contributed by atoms with Gasteiger partial charge in [0.25, 0.3) is 0 Å². The van der Waals surface area contributed by atoms with Gasteiger partial charge in [0.05, 0.1) is 0 Å². The smallest absolute Gasteiger partial charge is 0.306 e. The average Bonchev–Trinajstić information content (AvgIpc) is 3.42. The quantitative estimate of drug-likeness (QED) is 0.0261. The summed E-state index contributed by atoms with van der Waals surface area (Å²) in [4.78, 5) is 38.4. The first-order valence-electron chi connectivity index (χ1n) is 33.6. The lowest BCUT2D eigenvalue weighted by atomic mass is 10.0. The molecule has 0 aromatic rings. The highest BCUT2D eigenvalue weighted by molar-refractivity contribution is 5.71. The Bertz CT molecular complexity index is 1310. The summed E-state index contributed by atoms with van der Waals surface area (Å²) in [5.41, 5.74) is 0. The fourth-order valence-corrected chi connectivity index (χ4v) is 9.98. The second-order valence-electron chi connectivity index (χ2n) is 22.7. The highest BCUT2D eigenvalue weighted by atomic mass is 16.6. The van der Waals surface area contributed by atoms with E-state index in [9.17, 15) is 14.4 Å². The van der Waals surface area contributed by atoms with Crippen LogP contribution in [-0.2, 0) is 28.6 Å². The summed E-state index contributed by atoms with van der Waals surface area (Å²) in [5, 5.41) is 0. The van der Waals surface area contributed by atoms with E-state index in [-0.39, 0.29) is 31.1 Å². The van der Waals surface area contributed by atoms with E-state index in [0.717, 1.165) is 77.0 Å². The molecule has 0 saturated heterocycles. The molecule has 0 aliphatic carbocycles. The summed E-state index contributed by atoms with van der Waals surface area (Å²) >= 11 is 0. The van der Waals surface area contributed by atoms with Gasteiger partial charge in [-0.1, -0.05) is 307 Å². The largest absolute Gasteiger partial charge is 0.462 e. The molecular weight excluding hydrogens is 937 g/mol. The van der Waals surface area contributed by atoms with Crippen molar-refractivity contribution >= 4 is 17.9 Å². The van der Waals surface area contributed by atoms with Crippen molar-refractivity contribution in [1.29, 1.82) is 0 Å². The van der Waals surface area contributed by atoms with Crippen molar-refractivity contribution in [2.75, 3.05) is 13.2 Å². The first-order valence-corrected chi connectivity index (χ1v) is 33.6. The van der Waals surface area contributed by atoms with Gasteiger partial charge >= 0.3 is 17.9 Å². The summed E-state index contributed by atoms with van der Waals surface area (Å²) in [6.07, 6.45) is 81.2. The molecule has 0 aromatic heterocycles. The standard InChI is InChI=1S/C70H128O6/c1-4-7-10-13-16-19-22-25-28-30-32-33-34-35-36-37-39-40-42-45-48-51-54-57-60-63-69(72)75-66-67(65-74-68(71)62-59-56-53-50-47-44-27-24-21-18-15-12-9-6-3)76-70(73)64-61-58-55-52-49-46-43-41-38-31-29-26-23-20-17-14-11-8-5-2/h17,20,26,29-30,32,38,41,67H,4-16,18-19,21-25,27-28,31,33-37,39-40,42-66H2,1-3H3/b20-17-,29-26-,32-30-,41-38-. The molecule has 0 saturated carbocycles. The molecule has 1 unspecified atom stereocenters. The Labute approximate surface area is 473 Å². The van der Waals surface area contributed by atoms with E-state index in [1.807, 2.05) is 0 Å². The van der Waals surface area contributed by atoms with Gasteiger partial charge in [-0.25, -0.2) is 0 Å².